The normalized spacial score (nSPS) is 12.2. The van der Waals surface area contributed by atoms with Crippen LogP contribution in [0.2, 0.25) is 0 Å². The number of allylic oxidation sites excluding steroid dienone is 2. The predicted molar refractivity (Wildman–Crippen MR) is 203 cm³/mol. The fraction of sp³-hybridized carbons (Fsp3) is 0.250. The van der Waals surface area contributed by atoms with Crippen molar-refractivity contribution >= 4 is 49.4 Å². The minimum absolute atomic E-state index is 0. The number of ketones is 1. The summed E-state index contributed by atoms with van der Waals surface area (Å²) in [4.78, 5) is 21.3. The topological polar surface area (TPSA) is 76.2 Å². The molecule has 257 valence electrons. The number of rotatable bonds is 3. The molecular weight excluding hydrogens is 797 g/mol. The van der Waals surface area contributed by atoms with Gasteiger partial charge in [0.25, 0.3) is 0 Å². The number of hydrogen-bond acceptors (Lipinski definition) is 5. The summed E-state index contributed by atoms with van der Waals surface area (Å²) in [6.45, 7) is 17.4. The predicted octanol–water partition coefficient (Wildman–Crippen LogP) is 11.8. The molecule has 0 atom stereocenters. The summed E-state index contributed by atoms with van der Waals surface area (Å²) < 4.78 is 6.52. The van der Waals surface area contributed by atoms with Crippen LogP contribution in [0.1, 0.15) is 58.5 Å². The van der Waals surface area contributed by atoms with Crippen molar-refractivity contribution < 1.29 is 34.4 Å². The van der Waals surface area contributed by atoms with Crippen molar-refractivity contribution in [3.63, 3.8) is 0 Å². The zero-order valence-electron chi connectivity index (χ0n) is 30.2. The molecule has 6 heteroatoms. The van der Waals surface area contributed by atoms with Gasteiger partial charge in [-0.05, 0) is 54.3 Å². The molecule has 5 nitrogen and oxygen atoms in total. The first-order valence-corrected chi connectivity index (χ1v) is 16.7. The quantitative estimate of drug-likeness (QED) is 0.0830. The molecule has 1 N–H and O–H groups in total. The molecule has 0 spiro atoms. The van der Waals surface area contributed by atoms with Gasteiger partial charge in [-0.1, -0.05) is 125 Å². The van der Waals surface area contributed by atoms with Gasteiger partial charge in [0.05, 0.1) is 11.1 Å². The standard InChI is InChI=1S/C33H23N2O.C11H20O2.Ir/c1-19-16-20(2)30-24(17-19)13-15-27-31(34-21(3)35-32(27)30)28-11-7-10-26-25-14-12-23(18-29(25)36-33(26)28)22-8-5-4-6-9-22;1-10(2,3)8(12)7-9(13)11(4,5)6;/h4-10,12-18H,1-3H3;7,12H,1-6H3;/q-1;;/b;8-7-;. The van der Waals surface area contributed by atoms with Crippen molar-refractivity contribution in [2.75, 3.05) is 0 Å². The molecule has 5 aromatic carbocycles. The van der Waals surface area contributed by atoms with Gasteiger partial charge >= 0.3 is 0 Å². The summed E-state index contributed by atoms with van der Waals surface area (Å²) in [5, 5.41) is 15.1. The van der Waals surface area contributed by atoms with Crippen LogP contribution in [-0.4, -0.2) is 20.9 Å². The molecule has 0 unspecified atom stereocenters. The Labute approximate surface area is 307 Å². The van der Waals surface area contributed by atoms with E-state index in [2.05, 4.69) is 92.7 Å². The van der Waals surface area contributed by atoms with E-state index in [4.69, 9.17) is 14.4 Å². The monoisotopic (exact) mass is 840 g/mol. The fourth-order valence-corrected chi connectivity index (χ4v) is 6.03. The smallest absolute Gasteiger partial charge is 0.164 e. The molecule has 7 aromatic rings. The second-order valence-corrected chi connectivity index (χ2v) is 14.9. The minimum Gasteiger partial charge on any atom is -0.512 e. The van der Waals surface area contributed by atoms with E-state index in [0.717, 1.165) is 55.5 Å². The van der Waals surface area contributed by atoms with Gasteiger partial charge in [0.15, 0.2) is 5.78 Å². The van der Waals surface area contributed by atoms with Crippen molar-refractivity contribution in [2.45, 2.75) is 62.3 Å². The second-order valence-electron chi connectivity index (χ2n) is 14.9. The number of carbonyl (C=O) groups excluding carboxylic acids is 1. The Morgan fingerprint density at radius 3 is 2.16 bits per heavy atom. The Morgan fingerprint density at radius 1 is 0.780 bits per heavy atom. The summed E-state index contributed by atoms with van der Waals surface area (Å²) in [6, 6.07) is 33.0. The number of furan rings is 1. The Morgan fingerprint density at radius 2 is 1.48 bits per heavy atom. The van der Waals surface area contributed by atoms with Crippen molar-refractivity contribution in [1.29, 1.82) is 0 Å². The van der Waals surface area contributed by atoms with E-state index in [1.807, 2.05) is 60.6 Å². The molecule has 2 heterocycles. The first-order valence-electron chi connectivity index (χ1n) is 16.7. The van der Waals surface area contributed by atoms with Crippen LogP contribution >= 0.6 is 0 Å². The maximum atomic E-state index is 11.5. The summed E-state index contributed by atoms with van der Waals surface area (Å²) >= 11 is 0. The number of benzene rings is 5. The first kappa shape index (κ1) is 36.6. The molecule has 0 bridgehead atoms. The number of hydrogen-bond donors (Lipinski definition) is 1. The van der Waals surface area contributed by atoms with Gasteiger partial charge in [0, 0.05) is 53.5 Å². The summed E-state index contributed by atoms with van der Waals surface area (Å²) in [5.41, 5.74) is 8.36. The number of aliphatic hydroxyl groups is 1. The zero-order chi connectivity index (χ0) is 35.2. The number of fused-ring (bicyclic) bond motifs is 6. The molecule has 0 aliphatic carbocycles. The molecule has 0 amide bonds. The fourth-order valence-electron chi connectivity index (χ4n) is 6.03. The van der Waals surface area contributed by atoms with E-state index >= 15 is 0 Å². The van der Waals surface area contributed by atoms with E-state index in [1.165, 1.54) is 33.5 Å². The van der Waals surface area contributed by atoms with E-state index in [1.54, 1.807) is 0 Å². The number of carbonyl (C=O) groups is 1. The van der Waals surface area contributed by atoms with E-state index < -0.39 is 5.41 Å². The SMILES string of the molecule is CC(C)(C)C(=O)/C=C(\O)C(C)(C)C.Cc1cc(C)c2c(ccc3c(-c4[c-]ccc5c4oc4cc(-c6ccccc6)ccc45)nc(C)nc32)c1.[Ir]. The zero-order valence-corrected chi connectivity index (χ0v) is 32.5. The summed E-state index contributed by atoms with van der Waals surface area (Å²) in [6.07, 6.45) is 1.33. The molecule has 1 radical (unpaired) electrons. The third-order valence-corrected chi connectivity index (χ3v) is 8.79. The van der Waals surface area contributed by atoms with Crippen LogP contribution < -0.4 is 0 Å². The van der Waals surface area contributed by atoms with Crippen LogP contribution in [0.4, 0.5) is 0 Å². The Balaban J connectivity index is 0.000000299. The molecule has 0 saturated heterocycles. The Bertz CT molecular complexity index is 2410. The third-order valence-electron chi connectivity index (χ3n) is 8.79. The van der Waals surface area contributed by atoms with Gasteiger partial charge in [0.2, 0.25) is 0 Å². The molecule has 50 heavy (non-hydrogen) atoms. The van der Waals surface area contributed by atoms with Crippen molar-refractivity contribution in [1.82, 2.24) is 9.97 Å². The van der Waals surface area contributed by atoms with Crippen LogP contribution in [0.25, 0.3) is 66.0 Å². The maximum Gasteiger partial charge on any atom is 0.164 e. The molecule has 0 aliphatic rings. The largest absolute Gasteiger partial charge is 0.512 e. The van der Waals surface area contributed by atoms with Crippen molar-refractivity contribution in [3.05, 3.63) is 120 Å². The van der Waals surface area contributed by atoms with E-state index in [0.29, 0.717) is 0 Å². The van der Waals surface area contributed by atoms with Gasteiger partial charge < -0.3 is 9.52 Å². The van der Waals surface area contributed by atoms with Crippen molar-refractivity contribution in [2.24, 2.45) is 10.8 Å². The number of nitrogens with zero attached hydrogens (tertiary/aromatic N) is 2. The molecule has 0 saturated carbocycles. The second kappa shape index (κ2) is 13.9. The van der Waals surface area contributed by atoms with Crippen LogP contribution in [0.3, 0.4) is 0 Å². The van der Waals surface area contributed by atoms with Crippen LogP contribution in [0, 0.1) is 37.7 Å². The summed E-state index contributed by atoms with van der Waals surface area (Å²) in [7, 11) is 0. The Hall–Kier alpha value is -4.64. The molecular formula is C44H43IrN2O3-. The maximum absolute atomic E-state index is 11.5. The van der Waals surface area contributed by atoms with Crippen LogP contribution in [0.5, 0.6) is 0 Å². The van der Waals surface area contributed by atoms with E-state index in [-0.39, 0.29) is 37.1 Å². The third kappa shape index (κ3) is 7.28. The summed E-state index contributed by atoms with van der Waals surface area (Å²) in [5.74, 6) is 0.838. The van der Waals surface area contributed by atoms with Gasteiger partial charge in [-0.2, -0.15) is 0 Å². The van der Waals surface area contributed by atoms with Crippen molar-refractivity contribution in [3.8, 4) is 22.4 Å². The average Bonchev–Trinajstić information content (AvgIpc) is 3.42. The Kier molecular flexibility index (Phi) is 10.2. The molecule has 7 rings (SSSR count). The number of aryl methyl sites for hydroxylation is 3. The molecule has 0 aliphatic heterocycles. The molecule has 2 aromatic heterocycles. The number of aromatic nitrogens is 2. The molecule has 0 fully saturated rings. The first-order chi connectivity index (χ1) is 23.1. The average molecular weight is 840 g/mol. The minimum atomic E-state index is -0.417. The van der Waals surface area contributed by atoms with E-state index in [9.17, 15) is 9.90 Å². The van der Waals surface area contributed by atoms with Crippen LogP contribution in [0.15, 0.2) is 101 Å². The van der Waals surface area contributed by atoms with Gasteiger partial charge in [-0.3, -0.25) is 9.78 Å². The van der Waals surface area contributed by atoms with Gasteiger partial charge in [-0.25, -0.2) is 4.98 Å². The number of aliphatic hydroxyl groups excluding tert-OH is 1. The van der Waals surface area contributed by atoms with Gasteiger partial charge in [-0.15, -0.1) is 18.2 Å². The van der Waals surface area contributed by atoms with Gasteiger partial charge in [0.1, 0.15) is 17.2 Å². The van der Waals surface area contributed by atoms with Crippen LogP contribution in [-0.2, 0) is 24.9 Å².